The second kappa shape index (κ2) is 8.31. The Hall–Kier alpha value is -3.42. The quantitative estimate of drug-likeness (QED) is 0.586. The maximum Gasteiger partial charge on any atom is 0.344 e. The lowest BCUT2D eigenvalue weighted by molar-refractivity contribution is -0.147. The first kappa shape index (κ1) is 18.4. The lowest BCUT2D eigenvalue weighted by Gasteiger charge is -2.07. The van der Waals surface area contributed by atoms with Gasteiger partial charge < -0.3 is 18.7 Å². The number of halogens is 2. The van der Waals surface area contributed by atoms with Crippen molar-refractivity contribution in [3.63, 3.8) is 0 Å². The summed E-state index contributed by atoms with van der Waals surface area (Å²) in [6.45, 7) is -0.475. The molecule has 3 rings (SSSR count). The Morgan fingerprint density at radius 2 is 1.93 bits per heavy atom. The van der Waals surface area contributed by atoms with Gasteiger partial charge in [0.15, 0.2) is 12.4 Å². The van der Waals surface area contributed by atoms with Crippen molar-refractivity contribution in [2.24, 2.45) is 0 Å². The number of nitrogens with zero attached hydrogens (tertiary/aromatic N) is 1. The summed E-state index contributed by atoms with van der Waals surface area (Å²) in [5.41, 5.74) is 0.339. The molecule has 27 heavy (non-hydrogen) atoms. The van der Waals surface area contributed by atoms with Gasteiger partial charge in [-0.15, -0.1) is 0 Å². The van der Waals surface area contributed by atoms with Crippen LogP contribution in [0, 0.1) is 11.6 Å². The molecular formula is C19H15F2NO5. The highest BCUT2D eigenvalue weighted by Gasteiger charge is 2.14. The number of aromatic nitrogens is 1. The van der Waals surface area contributed by atoms with E-state index in [1.165, 1.54) is 19.2 Å². The smallest absolute Gasteiger partial charge is 0.344 e. The minimum atomic E-state index is -0.776. The molecule has 0 bridgehead atoms. The number of esters is 1. The fraction of sp³-hybridized carbons (Fsp3) is 0.158. The first-order valence-electron chi connectivity index (χ1n) is 7.88. The summed E-state index contributed by atoms with van der Waals surface area (Å²) >= 11 is 0. The normalized spacial score (nSPS) is 10.5. The van der Waals surface area contributed by atoms with E-state index in [1.54, 1.807) is 24.3 Å². The van der Waals surface area contributed by atoms with Crippen molar-refractivity contribution < 1.29 is 32.3 Å². The van der Waals surface area contributed by atoms with Crippen molar-refractivity contribution in [2.75, 3.05) is 13.7 Å². The van der Waals surface area contributed by atoms with E-state index in [0.29, 0.717) is 11.5 Å². The van der Waals surface area contributed by atoms with Gasteiger partial charge in [-0.3, -0.25) is 0 Å². The van der Waals surface area contributed by atoms with Crippen LogP contribution in [0.1, 0.15) is 5.69 Å². The minimum absolute atomic E-state index is 0.0582. The summed E-state index contributed by atoms with van der Waals surface area (Å²) in [7, 11) is 1.53. The largest absolute Gasteiger partial charge is 0.497 e. The molecule has 0 aliphatic carbocycles. The SMILES string of the molecule is COc1cccc(OCC(=O)OCc2cc(-c3ccc(F)cc3F)on2)c1. The molecule has 0 aliphatic rings. The fourth-order valence-corrected chi connectivity index (χ4v) is 2.23. The zero-order chi connectivity index (χ0) is 19.2. The zero-order valence-electron chi connectivity index (χ0n) is 14.3. The molecule has 1 aromatic heterocycles. The summed E-state index contributed by atoms with van der Waals surface area (Å²) in [4.78, 5) is 11.8. The van der Waals surface area contributed by atoms with E-state index in [9.17, 15) is 13.6 Å². The topological polar surface area (TPSA) is 70.8 Å². The highest BCUT2D eigenvalue weighted by Crippen LogP contribution is 2.24. The summed E-state index contributed by atoms with van der Waals surface area (Å²) < 4.78 is 47.1. The number of rotatable bonds is 7. The van der Waals surface area contributed by atoms with Crippen LogP contribution < -0.4 is 9.47 Å². The van der Waals surface area contributed by atoms with Gasteiger partial charge in [-0.2, -0.15) is 0 Å². The van der Waals surface area contributed by atoms with Gasteiger partial charge in [-0.05, 0) is 24.3 Å². The average Bonchev–Trinajstić information content (AvgIpc) is 3.13. The Balaban J connectivity index is 1.52. The molecule has 3 aromatic rings. The van der Waals surface area contributed by atoms with E-state index in [1.807, 2.05) is 0 Å². The van der Waals surface area contributed by atoms with Crippen LogP contribution in [0.2, 0.25) is 0 Å². The third-order valence-electron chi connectivity index (χ3n) is 3.53. The minimum Gasteiger partial charge on any atom is -0.497 e. The number of ether oxygens (including phenoxy) is 3. The Morgan fingerprint density at radius 3 is 2.70 bits per heavy atom. The highest BCUT2D eigenvalue weighted by molar-refractivity contribution is 5.71. The van der Waals surface area contributed by atoms with Gasteiger partial charge in [-0.1, -0.05) is 11.2 Å². The maximum absolute atomic E-state index is 13.7. The van der Waals surface area contributed by atoms with Gasteiger partial charge in [0.1, 0.15) is 35.4 Å². The van der Waals surface area contributed by atoms with Crippen LogP contribution in [0.15, 0.2) is 53.1 Å². The first-order chi connectivity index (χ1) is 13.0. The van der Waals surface area contributed by atoms with Gasteiger partial charge in [-0.25, -0.2) is 13.6 Å². The number of hydrogen-bond donors (Lipinski definition) is 0. The molecule has 6 nitrogen and oxygen atoms in total. The highest BCUT2D eigenvalue weighted by atomic mass is 19.1. The molecule has 0 unspecified atom stereocenters. The molecule has 2 aromatic carbocycles. The van der Waals surface area contributed by atoms with Crippen LogP contribution in [0.5, 0.6) is 11.5 Å². The number of methoxy groups -OCH3 is 1. The number of carbonyl (C=O) groups is 1. The van der Waals surface area contributed by atoms with Crippen LogP contribution >= 0.6 is 0 Å². The van der Waals surface area contributed by atoms with Crippen LogP contribution in [-0.4, -0.2) is 24.8 Å². The molecule has 0 aliphatic heterocycles. The molecule has 0 atom stereocenters. The Bertz CT molecular complexity index is 941. The number of hydrogen-bond acceptors (Lipinski definition) is 6. The lowest BCUT2D eigenvalue weighted by atomic mass is 10.1. The fourth-order valence-electron chi connectivity index (χ4n) is 2.23. The molecular weight excluding hydrogens is 360 g/mol. The van der Waals surface area contributed by atoms with Crippen molar-refractivity contribution >= 4 is 5.97 Å². The second-order valence-corrected chi connectivity index (χ2v) is 5.44. The molecule has 1 heterocycles. The summed E-state index contributed by atoms with van der Waals surface area (Å²) in [6.07, 6.45) is 0. The summed E-state index contributed by atoms with van der Waals surface area (Å²) in [5, 5.41) is 3.70. The van der Waals surface area contributed by atoms with Crippen molar-refractivity contribution in [1.29, 1.82) is 0 Å². The zero-order valence-corrected chi connectivity index (χ0v) is 14.3. The molecule has 0 saturated heterocycles. The third kappa shape index (κ3) is 4.81. The summed E-state index contributed by atoms with van der Waals surface area (Å²) in [6, 6.07) is 11.3. The molecule has 0 saturated carbocycles. The Morgan fingerprint density at radius 1 is 1.11 bits per heavy atom. The molecule has 0 radical (unpaired) electrons. The predicted molar refractivity (Wildman–Crippen MR) is 90.1 cm³/mol. The standard InChI is InChI=1S/C19H15F2NO5/c1-24-14-3-2-4-15(9-14)25-11-19(23)26-10-13-8-18(27-22-13)16-6-5-12(20)7-17(16)21/h2-9H,10-11H2,1H3. The third-order valence-corrected chi connectivity index (χ3v) is 3.53. The van der Waals surface area contributed by atoms with Crippen molar-refractivity contribution in [3.05, 3.63) is 65.9 Å². The molecule has 0 fully saturated rings. The van der Waals surface area contributed by atoms with E-state index in [-0.39, 0.29) is 30.2 Å². The lowest BCUT2D eigenvalue weighted by Crippen LogP contribution is -2.14. The summed E-state index contributed by atoms with van der Waals surface area (Å²) in [5.74, 6) is -0.922. The van der Waals surface area contributed by atoms with Crippen molar-refractivity contribution in [2.45, 2.75) is 6.61 Å². The van der Waals surface area contributed by atoms with Gasteiger partial charge in [0, 0.05) is 18.2 Å². The van der Waals surface area contributed by atoms with Gasteiger partial charge in [0.2, 0.25) is 0 Å². The van der Waals surface area contributed by atoms with Crippen molar-refractivity contribution in [3.8, 4) is 22.8 Å². The Kier molecular flexibility index (Phi) is 5.65. The monoisotopic (exact) mass is 375 g/mol. The van der Waals surface area contributed by atoms with Crippen LogP contribution in [0.25, 0.3) is 11.3 Å². The number of benzene rings is 2. The Labute approximate surface area is 153 Å². The van der Waals surface area contributed by atoms with Gasteiger partial charge >= 0.3 is 5.97 Å². The number of carbonyl (C=O) groups excluding carboxylic acids is 1. The van der Waals surface area contributed by atoms with Crippen LogP contribution in [0.3, 0.4) is 0 Å². The molecule has 140 valence electrons. The molecule has 0 amide bonds. The molecule has 0 N–H and O–H groups in total. The average molecular weight is 375 g/mol. The van der Waals surface area contributed by atoms with E-state index >= 15 is 0 Å². The van der Waals surface area contributed by atoms with E-state index in [0.717, 1.165) is 12.1 Å². The van der Waals surface area contributed by atoms with E-state index in [4.69, 9.17) is 18.7 Å². The van der Waals surface area contributed by atoms with Crippen LogP contribution in [-0.2, 0) is 16.1 Å². The predicted octanol–water partition coefficient (Wildman–Crippen LogP) is 3.75. The van der Waals surface area contributed by atoms with Gasteiger partial charge in [0.25, 0.3) is 0 Å². The van der Waals surface area contributed by atoms with Crippen molar-refractivity contribution in [1.82, 2.24) is 5.16 Å². The second-order valence-electron chi connectivity index (χ2n) is 5.44. The molecule has 8 heteroatoms. The maximum atomic E-state index is 13.7. The van der Waals surface area contributed by atoms with Gasteiger partial charge in [0.05, 0.1) is 12.7 Å². The van der Waals surface area contributed by atoms with Crippen LogP contribution in [0.4, 0.5) is 8.78 Å². The first-order valence-corrected chi connectivity index (χ1v) is 7.88. The van der Waals surface area contributed by atoms with E-state index < -0.39 is 17.6 Å². The molecule has 0 spiro atoms. The van der Waals surface area contributed by atoms with E-state index in [2.05, 4.69) is 5.16 Å².